The average Bonchev–Trinajstić information content (AvgIpc) is 2.83. The number of carbonyl (C=O) groups is 2. The zero-order valence-corrected chi connectivity index (χ0v) is 12.7. The molecule has 0 atom stereocenters. The highest BCUT2D eigenvalue weighted by Crippen LogP contribution is 2.24. The minimum Gasteiger partial charge on any atom is -0.476 e. The second-order valence-corrected chi connectivity index (χ2v) is 5.63. The lowest BCUT2D eigenvalue weighted by molar-refractivity contribution is 0.0674. The predicted octanol–water partition coefficient (Wildman–Crippen LogP) is 1.97. The van der Waals surface area contributed by atoms with Gasteiger partial charge in [-0.3, -0.25) is 9.48 Å². The molecule has 1 aliphatic heterocycles. The number of amides is 1. The van der Waals surface area contributed by atoms with Crippen LogP contribution < -0.4 is 0 Å². The van der Waals surface area contributed by atoms with Crippen molar-refractivity contribution in [2.75, 3.05) is 6.54 Å². The van der Waals surface area contributed by atoms with Crippen LogP contribution in [0.1, 0.15) is 32.1 Å². The van der Waals surface area contributed by atoms with Crippen molar-refractivity contribution in [3.05, 3.63) is 51.8 Å². The molecule has 0 spiro atoms. The third-order valence-corrected chi connectivity index (χ3v) is 4.04. The fraction of sp³-hybridized carbons (Fsp3) is 0.267. The molecule has 0 unspecified atom stereocenters. The van der Waals surface area contributed by atoms with Gasteiger partial charge >= 0.3 is 5.97 Å². The minimum atomic E-state index is -1.08. The Bertz CT molecular complexity index is 769. The molecule has 2 heterocycles. The topological polar surface area (TPSA) is 75.4 Å². The zero-order valence-electron chi connectivity index (χ0n) is 11.9. The fourth-order valence-electron chi connectivity index (χ4n) is 2.74. The highest BCUT2D eigenvalue weighted by Gasteiger charge is 2.29. The lowest BCUT2D eigenvalue weighted by Crippen LogP contribution is -2.36. The van der Waals surface area contributed by atoms with Crippen molar-refractivity contribution < 1.29 is 14.7 Å². The first-order valence-electron chi connectivity index (χ1n) is 6.80. The van der Waals surface area contributed by atoms with E-state index in [1.807, 2.05) is 0 Å². The van der Waals surface area contributed by atoms with Crippen LogP contribution in [0.5, 0.6) is 0 Å². The molecule has 3 rings (SSSR count). The Labute approximate surface area is 131 Å². The van der Waals surface area contributed by atoms with Crippen LogP contribution in [0, 0.1) is 0 Å². The molecule has 1 aliphatic rings. The molecule has 7 heteroatoms. The van der Waals surface area contributed by atoms with E-state index in [-0.39, 0.29) is 18.1 Å². The zero-order chi connectivity index (χ0) is 15.9. The first kappa shape index (κ1) is 14.6. The maximum absolute atomic E-state index is 12.5. The van der Waals surface area contributed by atoms with Gasteiger partial charge < -0.3 is 10.0 Å². The van der Waals surface area contributed by atoms with E-state index in [0.29, 0.717) is 29.1 Å². The second-order valence-electron chi connectivity index (χ2n) is 5.19. The van der Waals surface area contributed by atoms with E-state index in [1.54, 1.807) is 40.9 Å². The first-order valence-corrected chi connectivity index (χ1v) is 7.18. The maximum Gasteiger partial charge on any atom is 0.356 e. The van der Waals surface area contributed by atoms with Crippen LogP contribution in [0.3, 0.4) is 0 Å². The molecular formula is C15H14ClN3O3. The molecule has 0 saturated carbocycles. The number of halogens is 1. The average molecular weight is 320 g/mol. The van der Waals surface area contributed by atoms with Gasteiger partial charge in [-0.1, -0.05) is 17.7 Å². The summed E-state index contributed by atoms with van der Waals surface area (Å²) in [6.45, 7) is 0.771. The number of fused-ring (bicyclic) bond motifs is 1. The van der Waals surface area contributed by atoms with Crippen LogP contribution in [-0.4, -0.2) is 38.2 Å². The molecule has 0 radical (unpaired) electrons. The third kappa shape index (κ3) is 2.46. The normalized spacial score (nSPS) is 13.8. The SMILES string of the molecule is Cn1nc(C(=O)O)c2c1CCN(C(=O)c1cccc(Cl)c1)C2. The number of nitrogens with zero attached hydrogens (tertiary/aromatic N) is 3. The van der Waals surface area contributed by atoms with Gasteiger partial charge in [0.1, 0.15) is 0 Å². The predicted molar refractivity (Wildman–Crippen MR) is 80.1 cm³/mol. The summed E-state index contributed by atoms with van der Waals surface area (Å²) in [5.41, 5.74) is 1.99. The molecule has 114 valence electrons. The maximum atomic E-state index is 12.5. The number of aryl methyl sites for hydroxylation is 1. The second kappa shape index (κ2) is 5.46. The Morgan fingerprint density at radius 2 is 2.14 bits per heavy atom. The Kier molecular flexibility index (Phi) is 3.62. The van der Waals surface area contributed by atoms with Crippen molar-refractivity contribution in [2.45, 2.75) is 13.0 Å². The summed E-state index contributed by atoms with van der Waals surface area (Å²) in [6.07, 6.45) is 0.582. The van der Waals surface area contributed by atoms with Crippen molar-refractivity contribution in [3.8, 4) is 0 Å². The van der Waals surface area contributed by atoms with E-state index in [4.69, 9.17) is 11.6 Å². The van der Waals surface area contributed by atoms with Crippen molar-refractivity contribution in [3.63, 3.8) is 0 Å². The Morgan fingerprint density at radius 3 is 2.82 bits per heavy atom. The first-order chi connectivity index (χ1) is 10.5. The Balaban J connectivity index is 1.91. The highest BCUT2D eigenvalue weighted by atomic mass is 35.5. The van der Waals surface area contributed by atoms with Gasteiger partial charge in [0, 0.05) is 41.9 Å². The van der Waals surface area contributed by atoms with E-state index in [2.05, 4.69) is 5.10 Å². The molecule has 1 amide bonds. The molecule has 6 nitrogen and oxygen atoms in total. The fourth-order valence-corrected chi connectivity index (χ4v) is 2.93. The van der Waals surface area contributed by atoms with Crippen LogP contribution in [0.25, 0.3) is 0 Å². The van der Waals surface area contributed by atoms with Gasteiger partial charge in [0.05, 0.1) is 6.54 Å². The van der Waals surface area contributed by atoms with Crippen LogP contribution in [0.4, 0.5) is 0 Å². The van der Waals surface area contributed by atoms with Crippen LogP contribution in [-0.2, 0) is 20.0 Å². The van der Waals surface area contributed by atoms with Gasteiger partial charge in [-0.05, 0) is 18.2 Å². The number of benzene rings is 1. The number of carbonyl (C=O) groups excluding carboxylic acids is 1. The van der Waals surface area contributed by atoms with Crippen molar-refractivity contribution >= 4 is 23.5 Å². The summed E-state index contributed by atoms with van der Waals surface area (Å²) >= 11 is 5.92. The van der Waals surface area contributed by atoms with Crippen LogP contribution >= 0.6 is 11.6 Å². The minimum absolute atomic E-state index is 0.0149. The lowest BCUT2D eigenvalue weighted by atomic mass is 10.0. The Morgan fingerprint density at radius 1 is 1.36 bits per heavy atom. The molecular weight excluding hydrogens is 306 g/mol. The van der Waals surface area contributed by atoms with Crippen molar-refractivity contribution in [2.24, 2.45) is 7.05 Å². The molecule has 1 aromatic carbocycles. The van der Waals surface area contributed by atoms with E-state index >= 15 is 0 Å². The summed E-state index contributed by atoms with van der Waals surface area (Å²) in [4.78, 5) is 25.5. The highest BCUT2D eigenvalue weighted by molar-refractivity contribution is 6.30. The standard InChI is InChI=1S/C15H14ClN3O3/c1-18-12-5-6-19(8-11(12)13(17-18)15(21)22)14(20)9-3-2-4-10(16)7-9/h2-4,7H,5-6,8H2,1H3,(H,21,22). The quantitative estimate of drug-likeness (QED) is 0.918. The van der Waals surface area contributed by atoms with Crippen molar-refractivity contribution in [1.29, 1.82) is 0 Å². The number of rotatable bonds is 2. The lowest BCUT2D eigenvalue weighted by Gasteiger charge is -2.27. The summed E-state index contributed by atoms with van der Waals surface area (Å²) in [7, 11) is 1.72. The summed E-state index contributed by atoms with van der Waals surface area (Å²) in [6, 6.07) is 6.74. The molecule has 0 bridgehead atoms. The smallest absolute Gasteiger partial charge is 0.356 e. The molecule has 1 N–H and O–H groups in total. The summed E-state index contributed by atoms with van der Waals surface area (Å²) in [5.74, 6) is -1.23. The number of hydrogen-bond acceptors (Lipinski definition) is 3. The number of carboxylic acids is 1. The number of hydrogen-bond donors (Lipinski definition) is 1. The van der Waals surface area contributed by atoms with E-state index in [0.717, 1.165) is 5.69 Å². The van der Waals surface area contributed by atoms with E-state index in [1.165, 1.54) is 0 Å². The van der Waals surface area contributed by atoms with Gasteiger partial charge in [-0.2, -0.15) is 5.10 Å². The van der Waals surface area contributed by atoms with Gasteiger partial charge in [-0.15, -0.1) is 0 Å². The largest absolute Gasteiger partial charge is 0.476 e. The molecule has 2 aromatic rings. The molecule has 0 fully saturated rings. The Hall–Kier alpha value is -2.34. The molecule has 0 saturated heterocycles. The monoisotopic (exact) mass is 319 g/mol. The molecule has 0 aliphatic carbocycles. The summed E-state index contributed by atoms with van der Waals surface area (Å²) < 4.78 is 1.58. The molecule has 1 aromatic heterocycles. The number of aromatic carboxylic acids is 1. The van der Waals surface area contributed by atoms with Crippen LogP contribution in [0.2, 0.25) is 5.02 Å². The van der Waals surface area contributed by atoms with E-state index in [9.17, 15) is 14.7 Å². The van der Waals surface area contributed by atoms with Crippen molar-refractivity contribution in [1.82, 2.24) is 14.7 Å². The number of aromatic nitrogens is 2. The number of carboxylic acid groups (broad SMARTS) is 1. The van der Waals surface area contributed by atoms with Gasteiger partial charge in [0.25, 0.3) is 5.91 Å². The van der Waals surface area contributed by atoms with Gasteiger partial charge in [0.15, 0.2) is 5.69 Å². The van der Waals surface area contributed by atoms with Crippen LogP contribution in [0.15, 0.2) is 24.3 Å². The third-order valence-electron chi connectivity index (χ3n) is 3.80. The summed E-state index contributed by atoms with van der Waals surface area (Å²) in [5, 5.41) is 13.8. The van der Waals surface area contributed by atoms with E-state index < -0.39 is 5.97 Å². The van der Waals surface area contributed by atoms with Gasteiger partial charge in [0.2, 0.25) is 0 Å². The molecule has 22 heavy (non-hydrogen) atoms. The van der Waals surface area contributed by atoms with Gasteiger partial charge in [-0.25, -0.2) is 4.79 Å².